The van der Waals surface area contributed by atoms with Crippen molar-refractivity contribution in [2.45, 2.75) is 31.7 Å². The van der Waals surface area contributed by atoms with Crippen LogP contribution in [-0.4, -0.2) is 61.7 Å². The predicted octanol–water partition coefficient (Wildman–Crippen LogP) is 3.91. The van der Waals surface area contributed by atoms with Gasteiger partial charge in [0.2, 0.25) is 0 Å². The molecule has 1 atom stereocenters. The first kappa shape index (κ1) is 18.5. The largest absolute Gasteiger partial charge is 0.369 e. The van der Waals surface area contributed by atoms with Gasteiger partial charge in [0.1, 0.15) is 0 Å². The highest BCUT2D eigenvalue weighted by atomic mass is 15.3. The summed E-state index contributed by atoms with van der Waals surface area (Å²) >= 11 is 0. The van der Waals surface area contributed by atoms with E-state index in [1.807, 2.05) is 0 Å². The lowest BCUT2D eigenvalue weighted by Crippen LogP contribution is -2.55. The number of para-hydroxylation sites is 1. The molecule has 2 aromatic carbocycles. The minimum absolute atomic E-state index is 0.758. The van der Waals surface area contributed by atoms with Crippen LogP contribution in [0, 0.1) is 0 Å². The number of benzene rings is 2. The van der Waals surface area contributed by atoms with E-state index in [-0.39, 0.29) is 0 Å². The van der Waals surface area contributed by atoms with Gasteiger partial charge in [-0.1, -0.05) is 48.5 Å². The molecule has 0 spiro atoms. The van der Waals surface area contributed by atoms with Gasteiger partial charge in [-0.3, -0.25) is 4.90 Å². The quantitative estimate of drug-likeness (QED) is 0.770. The molecule has 2 aromatic rings. The van der Waals surface area contributed by atoms with Crippen LogP contribution in [0.4, 0.5) is 5.69 Å². The summed E-state index contributed by atoms with van der Waals surface area (Å²) < 4.78 is 0. The summed E-state index contributed by atoms with van der Waals surface area (Å²) in [6.45, 7) is 8.53. The Balaban J connectivity index is 1.22. The number of hydrogen-bond acceptors (Lipinski definition) is 3. The van der Waals surface area contributed by atoms with Crippen molar-refractivity contribution in [1.29, 1.82) is 0 Å². The average Bonchev–Trinajstić information content (AvgIpc) is 2.76. The highest BCUT2D eigenvalue weighted by molar-refractivity contribution is 5.46. The van der Waals surface area contributed by atoms with E-state index in [1.54, 1.807) is 0 Å². The second-order valence-corrected chi connectivity index (χ2v) is 8.04. The van der Waals surface area contributed by atoms with Gasteiger partial charge in [-0.05, 0) is 56.5 Å². The van der Waals surface area contributed by atoms with Crippen LogP contribution in [0.2, 0.25) is 0 Å². The Morgan fingerprint density at radius 1 is 0.778 bits per heavy atom. The molecule has 0 amide bonds. The maximum atomic E-state index is 2.75. The molecule has 0 saturated carbocycles. The van der Waals surface area contributed by atoms with Gasteiger partial charge in [-0.15, -0.1) is 0 Å². The van der Waals surface area contributed by atoms with Crippen molar-refractivity contribution >= 4 is 5.69 Å². The molecule has 0 bridgehead atoms. The molecule has 2 fully saturated rings. The number of aryl methyl sites for hydroxylation is 1. The molecule has 0 N–H and O–H groups in total. The molecule has 144 valence electrons. The fourth-order valence-corrected chi connectivity index (χ4v) is 4.67. The number of hydrogen-bond donors (Lipinski definition) is 0. The summed E-state index contributed by atoms with van der Waals surface area (Å²) in [6.07, 6.45) is 5.21. The summed E-state index contributed by atoms with van der Waals surface area (Å²) in [7, 11) is 0. The topological polar surface area (TPSA) is 9.72 Å². The third kappa shape index (κ3) is 5.12. The van der Waals surface area contributed by atoms with Gasteiger partial charge < -0.3 is 9.80 Å². The Kier molecular flexibility index (Phi) is 6.44. The monoisotopic (exact) mass is 363 g/mol. The molecule has 0 aromatic heterocycles. The summed E-state index contributed by atoms with van der Waals surface area (Å²) in [5.74, 6) is 0. The van der Waals surface area contributed by atoms with Crippen LogP contribution in [-0.2, 0) is 6.42 Å². The lowest BCUT2D eigenvalue weighted by Gasteiger charge is -2.44. The minimum Gasteiger partial charge on any atom is -0.369 e. The first-order valence-electron chi connectivity index (χ1n) is 10.7. The van der Waals surface area contributed by atoms with Gasteiger partial charge in [0.05, 0.1) is 0 Å². The number of piperidine rings is 1. The van der Waals surface area contributed by atoms with Gasteiger partial charge >= 0.3 is 0 Å². The third-order valence-corrected chi connectivity index (χ3v) is 6.22. The average molecular weight is 364 g/mol. The van der Waals surface area contributed by atoms with Crippen molar-refractivity contribution in [2.24, 2.45) is 0 Å². The summed E-state index contributed by atoms with van der Waals surface area (Å²) in [6, 6.07) is 22.6. The first-order chi connectivity index (χ1) is 13.4. The Morgan fingerprint density at radius 3 is 2.22 bits per heavy atom. The number of rotatable bonds is 6. The normalized spacial score (nSPS) is 22.1. The minimum atomic E-state index is 0.758. The van der Waals surface area contributed by atoms with Crippen molar-refractivity contribution in [3.05, 3.63) is 66.2 Å². The van der Waals surface area contributed by atoms with Gasteiger partial charge in [0.25, 0.3) is 0 Å². The van der Waals surface area contributed by atoms with Crippen LogP contribution in [0.3, 0.4) is 0 Å². The molecule has 27 heavy (non-hydrogen) atoms. The number of piperazine rings is 1. The van der Waals surface area contributed by atoms with Crippen molar-refractivity contribution in [3.63, 3.8) is 0 Å². The summed E-state index contributed by atoms with van der Waals surface area (Å²) in [5.41, 5.74) is 2.85. The van der Waals surface area contributed by atoms with Gasteiger partial charge in [0, 0.05) is 44.5 Å². The molecule has 0 unspecified atom stereocenters. The van der Waals surface area contributed by atoms with Gasteiger partial charge in [0.15, 0.2) is 0 Å². The van der Waals surface area contributed by atoms with E-state index in [0.717, 1.165) is 19.1 Å². The number of anilines is 1. The van der Waals surface area contributed by atoms with E-state index in [9.17, 15) is 0 Å². The molecule has 2 aliphatic rings. The van der Waals surface area contributed by atoms with Crippen molar-refractivity contribution < 1.29 is 0 Å². The van der Waals surface area contributed by atoms with Crippen LogP contribution in [0.15, 0.2) is 60.7 Å². The maximum absolute atomic E-state index is 2.75. The Bertz CT molecular complexity index is 665. The smallest absolute Gasteiger partial charge is 0.0367 e. The zero-order chi connectivity index (χ0) is 18.3. The number of likely N-dealkylation sites (tertiary alicyclic amines) is 1. The second-order valence-electron chi connectivity index (χ2n) is 8.04. The highest BCUT2D eigenvalue weighted by Gasteiger charge is 2.27. The van der Waals surface area contributed by atoms with Crippen LogP contribution < -0.4 is 4.90 Å². The molecule has 2 saturated heterocycles. The summed E-state index contributed by atoms with van der Waals surface area (Å²) in [4.78, 5) is 8.00. The van der Waals surface area contributed by atoms with E-state index >= 15 is 0 Å². The zero-order valence-electron chi connectivity index (χ0n) is 16.5. The lowest BCUT2D eigenvalue weighted by molar-refractivity contribution is 0.0920. The maximum Gasteiger partial charge on any atom is 0.0367 e. The molecule has 3 nitrogen and oxygen atoms in total. The standard InChI is InChI=1S/C24H33N3/c1-3-9-22(10-4-1)11-7-15-25-16-8-14-24(21-25)27-19-17-26(18-20-27)23-12-5-2-6-13-23/h1-6,9-10,12-13,24H,7-8,11,14-21H2/t24-/m1/s1. The third-order valence-electron chi connectivity index (χ3n) is 6.22. The van der Waals surface area contributed by atoms with E-state index in [4.69, 9.17) is 0 Å². The van der Waals surface area contributed by atoms with Crippen LogP contribution in [0.25, 0.3) is 0 Å². The highest BCUT2D eigenvalue weighted by Crippen LogP contribution is 2.21. The van der Waals surface area contributed by atoms with Crippen LogP contribution in [0.5, 0.6) is 0 Å². The predicted molar refractivity (Wildman–Crippen MR) is 114 cm³/mol. The van der Waals surface area contributed by atoms with E-state index in [2.05, 4.69) is 75.4 Å². The first-order valence-corrected chi connectivity index (χ1v) is 10.7. The van der Waals surface area contributed by atoms with E-state index in [0.29, 0.717) is 0 Å². The molecule has 4 rings (SSSR count). The van der Waals surface area contributed by atoms with Crippen LogP contribution in [0.1, 0.15) is 24.8 Å². The van der Waals surface area contributed by atoms with E-state index < -0.39 is 0 Å². The van der Waals surface area contributed by atoms with Gasteiger partial charge in [-0.2, -0.15) is 0 Å². The molecule has 2 heterocycles. The molecule has 2 aliphatic heterocycles. The van der Waals surface area contributed by atoms with Crippen LogP contribution >= 0.6 is 0 Å². The van der Waals surface area contributed by atoms with Crippen molar-refractivity contribution in [1.82, 2.24) is 9.80 Å². The fraction of sp³-hybridized carbons (Fsp3) is 0.500. The van der Waals surface area contributed by atoms with Gasteiger partial charge in [-0.25, -0.2) is 0 Å². The Labute approximate surface area is 164 Å². The SMILES string of the molecule is c1ccc(CCCN2CCC[C@@H](N3CCN(c4ccccc4)CC3)C2)cc1. The molecular weight excluding hydrogens is 330 g/mol. The number of nitrogens with zero attached hydrogens (tertiary/aromatic N) is 3. The summed E-state index contributed by atoms with van der Waals surface area (Å²) in [5, 5.41) is 0. The Hall–Kier alpha value is -1.84. The lowest BCUT2D eigenvalue weighted by atomic mass is 10.0. The Morgan fingerprint density at radius 2 is 1.48 bits per heavy atom. The molecule has 0 aliphatic carbocycles. The fourth-order valence-electron chi connectivity index (χ4n) is 4.67. The molecular formula is C24H33N3. The van der Waals surface area contributed by atoms with E-state index in [1.165, 1.54) is 69.7 Å². The van der Waals surface area contributed by atoms with Crippen molar-refractivity contribution in [3.8, 4) is 0 Å². The van der Waals surface area contributed by atoms with Crippen molar-refractivity contribution in [2.75, 3.05) is 50.7 Å². The molecule has 0 radical (unpaired) electrons. The zero-order valence-corrected chi connectivity index (χ0v) is 16.5. The second kappa shape index (κ2) is 9.38. The molecule has 3 heteroatoms.